The molecule has 5 aromatic rings. The molecular formula is C32H26N4O7. The van der Waals surface area contributed by atoms with Crippen molar-refractivity contribution in [1.82, 2.24) is 14.6 Å². The second-order valence-electron chi connectivity index (χ2n) is 9.74. The minimum Gasteiger partial charge on any atom is -0.459 e. The molecule has 216 valence electrons. The number of fused-ring (bicyclic) bond motifs is 1. The molecule has 11 nitrogen and oxygen atoms in total. The lowest BCUT2D eigenvalue weighted by Crippen LogP contribution is -2.41. The molecular weight excluding hydrogens is 552 g/mol. The van der Waals surface area contributed by atoms with Gasteiger partial charge >= 0.3 is 17.9 Å². The largest absolute Gasteiger partial charge is 0.459 e. The highest BCUT2D eigenvalue weighted by Gasteiger charge is 2.52. The van der Waals surface area contributed by atoms with E-state index in [4.69, 9.17) is 24.7 Å². The molecule has 43 heavy (non-hydrogen) atoms. The Labute approximate surface area is 245 Å². The van der Waals surface area contributed by atoms with Crippen molar-refractivity contribution in [2.24, 2.45) is 0 Å². The molecule has 2 N–H and O–H groups in total. The van der Waals surface area contributed by atoms with Crippen LogP contribution in [0.4, 0.5) is 5.95 Å². The van der Waals surface area contributed by atoms with Gasteiger partial charge in [-0.2, -0.15) is 0 Å². The van der Waals surface area contributed by atoms with Crippen molar-refractivity contribution in [1.29, 1.82) is 0 Å². The number of nitrogens with two attached hydrogens (primary N) is 1. The van der Waals surface area contributed by atoms with Crippen molar-refractivity contribution < 1.29 is 33.3 Å². The van der Waals surface area contributed by atoms with Crippen molar-refractivity contribution in [3.8, 4) is 0 Å². The van der Waals surface area contributed by atoms with Gasteiger partial charge < -0.3 is 24.7 Å². The van der Waals surface area contributed by atoms with Gasteiger partial charge in [0.25, 0.3) is 0 Å². The standard InChI is InChI=1S/C32H26N4O7/c33-32-34-18-23-16-17-24(36(23)35-32)26-28(43-31(39)22-14-8-3-9-15-22)27(42-30(38)21-12-6-2-7-13-21)25(41-26)19-40-29(37)20-10-4-1-5-11-20/h1-18,25-28H,19H2,(H2,33,35). The SMILES string of the molecule is Nc1ncc2ccc(C3OC(COC(=O)c4ccccc4)C(OC(=O)c4ccccc4)C3OC(=O)c3ccccc3)n2n1. The first kappa shape index (κ1) is 27.6. The number of aromatic nitrogens is 3. The predicted octanol–water partition coefficient (Wildman–Crippen LogP) is 4.06. The predicted molar refractivity (Wildman–Crippen MR) is 153 cm³/mol. The smallest absolute Gasteiger partial charge is 0.338 e. The van der Waals surface area contributed by atoms with Crippen LogP contribution in [0.2, 0.25) is 0 Å². The molecule has 0 amide bonds. The number of ether oxygens (including phenoxy) is 4. The third-order valence-electron chi connectivity index (χ3n) is 6.94. The van der Waals surface area contributed by atoms with Crippen LogP contribution in [-0.4, -0.2) is 57.4 Å². The van der Waals surface area contributed by atoms with Crippen molar-refractivity contribution in [3.63, 3.8) is 0 Å². The van der Waals surface area contributed by atoms with E-state index < -0.39 is 42.3 Å². The number of hydrogen-bond donors (Lipinski definition) is 1. The molecule has 4 atom stereocenters. The minimum atomic E-state index is -1.17. The number of esters is 3. The highest BCUT2D eigenvalue weighted by atomic mass is 16.6. The molecule has 1 fully saturated rings. The quantitative estimate of drug-likeness (QED) is 0.211. The molecule has 4 unspecified atom stereocenters. The molecule has 11 heteroatoms. The van der Waals surface area contributed by atoms with Crippen molar-refractivity contribution >= 4 is 29.4 Å². The topological polar surface area (TPSA) is 144 Å². The Morgan fingerprint density at radius 2 is 1.26 bits per heavy atom. The molecule has 0 saturated carbocycles. The Kier molecular flexibility index (Phi) is 7.79. The molecule has 0 bridgehead atoms. The summed E-state index contributed by atoms with van der Waals surface area (Å²) in [6, 6.07) is 28.7. The molecule has 0 spiro atoms. The Balaban J connectivity index is 1.37. The molecule has 0 radical (unpaired) electrons. The van der Waals surface area contributed by atoms with Crippen LogP contribution in [0.3, 0.4) is 0 Å². The molecule has 6 rings (SSSR count). The molecule has 0 aliphatic carbocycles. The molecule has 2 aromatic heterocycles. The van der Waals surface area contributed by atoms with Gasteiger partial charge in [-0.3, -0.25) is 0 Å². The lowest BCUT2D eigenvalue weighted by atomic mass is 10.0. The van der Waals surface area contributed by atoms with Gasteiger partial charge in [0.2, 0.25) is 5.95 Å². The van der Waals surface area contributed by atoms with Gasteiger partial charge in [0.1, 0.15) is 18.8 Å². The van der Waals surface area contributed by atoms with Gasteiger partial charge in [-0.05, 0) is 48.5 Å². The summed E-state index contributed by atoms with van der Waals surface area (Å²) < 4.78 is 25.5. The minimum absolute atomic E-state index is 0.0150. The summed E-state index contributed by atoms with van der Waals surface area (Å²) in [6.07, 6.45) is -2.78. The fourth-order valence-electron chi connectivity index (χ4n) is 4.87. The maximum absolute atomic E-state index is 13.3. The fraction of sp³-hybridized carbons (Fsp3) is 0.156. The Hall–Kier alpha value is -5.55. The van der Waals surface area contributed by atoms with Gasteiger partial charge in [-0.25, -0.2) is 23.9 Å². The Morgan fingerprint density at radius 3 is 1.84 bits per heavy atom. The van der Waals surface area contributed by atoms with Crippen LogP contribution in [0.5, 0.6) is 0 Å². The van der Waals surface area contributed by atoms with Crippen molar-refractivity contribution in [2.75, 3.05) is 12.3 Å². The highest BCUT2D eigenvalue weighted by molar-refractivity contribution is 5.91. The average Bonchev–Trinajstić information content (AvgIpc) is 3.61. The monoisotopic (exact) mass is 578 g/mol. The number of anilines is 1. The first-order valence-corrected chi connectivity index (χ1v) is 13.5. The van der Waals surface area contributed by atoms with Gasteiger partial charge in [0, 0.05) is 0 Å². The number of hydrogen-bond acceptors (Lipinski definition) is 10. The first-order chi connectivity index (χ1) is 21.0. The third kappa shape index (κ3) is 5.92. The third-order valence-corrected chi connectivity index (χ3v) is 6.94. The lowest BCUT2D eigenvalue weighted by molar-refractivity contribution is -0.0452. The average molecular weight is 579 g/mol. The van der Waals surface area contributed by atoms with Gasteiger partial charge in [-0.15, -0.1) is 5.10 Å². The number of nitrogens with zero attached hydrogens (tertiary/aromatic N) is 3. The number of benzene rings is 3. The Bertz CT molecular complexity index is 1750. The van der Waals surface area contributed by atoms with E-state index in [1.165, 1.54) is 10.7 Å². The fourth-order valence-corrected chi connectivity index (χ4v) is 4.87. The van der Waals surface area contributed by atoms with E-state index in [9.17, 15) is 14.4 Å². The molecule has 3 aromatic carbocycles. The van der Waals surface area contributed by atoms with E-state index in [1.807, 2.05) is 0 Å². The zero-order chi connectivity index (χ0) is 29.8. The summed E-state index contributed by atoms with van der Waals surface area (Å²) in [5.74, 6) is -1.90. The Morgan fingerprint density at radius 1 is 0.721 bits per heavy atom. The van der Waals surface area contributed by atoms with E-state index in [0.717, 1.165) is 0 Å². The second-order valence-corrected chi connectivity index (χ2v) is 9.74. The summed E-state index contributed by atoms with van der Waals surface area (Å²) in [5, 5.41) is 4.29. The van der Waals surface area contributed by atoms with Gasteiger partial charge in [0.15, 0.2) is 12.2 Å². The summed E-state index contributed by atoms with van der Waals surface area (Å²) in [4.78, 5) is 43.5. The molecule has 1 aliphatic rings. The summed E-state index contributed by atoms with van der Waals surface area (Å²) in [6.45, 7) is -0.295. The van der Waals surface area contributed by atoms with E-state index in [-0.39, 0.29) is 18.1 Å². The molecule has 1 aliphatic heterocycles. The lowest BCUT2D eigenvalue weighted by Gasteiger charge is -2.24. The zero-order valence-corrected chi connectivity index (χ0v) is 22.7. The summed E-state index contributed by atoms with van der Waals surface area (Å²) >= 11 is 0. The van der Waals surface area contributed by atoms with E-state index in [2.05, 4.69) is 10.1 Å². The van der Waals surface area contributed by atoms with Crippen molar-refractivity contribution in [3.05, 3.63) is 132 Å². The molecule has 1 saturated heterocycles. The second kappa shape index (κ2) is 12.1. The number of carbonyl (C=O) groups is 3. The number of nitrogen functional groups attached to an aromatic ring is 1. The van der Waals surface area contributed by atoms with Crippen LogP contribution < -0.4 is 5.73 Å². The molecule has 3 heterocycles. The maximum Gasteiger partial charge on any atom is 0.338 e. The summed E-state index contributed by atoms with van der Waals surface area (Å²) in [7, 11) is 0. The first-order valence-electron chi connectivity index (χ1n) is 13.5. The number of carbonyl (C=O) groups excluding carboxylic acids is 3. The van der Waals surface area contributed by atoms with E-state index >= 15 is 0 Å². The van der Waals surface area contributed by atoms with Crippen LogP contribution in [0.1, 0.15) is 42.9 Å². The van der Waals surface area contributed by atoms with Crippen molar-refractivity contribution in [2.45, 2.75) is 24.4 Å². The van der Waals surface area contributed by atoms with Gasteiger partial charge in [-0.1, -0.05) is 54.6 Å². The van der Waals surface area contributed by atoms with Crippen LogP contribution in [-0.2, 0) is 18.9 Å². The van der Waals surface area contributed by atoms with Crippen LogP contribution >= 0.6 is 0 Å². The van der Waals surface area contributed by atoms with Crippen LogP contribution in [0, 0.1) is 0 Å². The summed E-state index contributed by atoms with van der Waals surface area (Å²) in [5.41, 5.74) is 7.86. The van der Waals surface area contributed by atoms with E-state index in [0.29, 0.717) is 22.3 Å². The highest BCUT2D eigenvalue weighted by Crippen LogP contribution is 2.39. The van der Waals surface area contributed by atoms with Crippen LogP contribution in [0.15, 0.2) is 109 Å². The van der Waals surface area contributed by atoms with Crippen LogP contribution in [0.25, 0.3) is 5.52 Å². The normalized spacial score (nSPS) is 19.5. The number of rotatable bonds is 8. The van der Waals surface area contributed by atoms with E-state index in [1.54, 1.807) is 103 Å². The maximum atomic E-state index is 13.3. The van der Waals surface area contributed by atoms with Gasteiger partial charge in [0.05, 0.1) is 34.1 Å². The zero-order valence-electron chi connectivity index (χ0n) is 22.7.